The van der Waals surface area contributed by atoms with Crippen molar-refractivity contribution in [3.63, 3.8) is 0 Å². The number of benzene rings is 1. The van der Waals surface area contributed by atoms with E-state index >= 15 is 0 Å². The van der Waals surface area contributed by atoms with Crippen LogP contribution in [-0.2, 0) is 12.8 Å². The Hall–Kier alpha value is -1.15. The Morgan fingerprint density at radius 3 is 2.70 bits per heavy atom. The number of hydrogen-bond acceptors (Lipinski definition) is 2. The molecule has 0 N–H and O–H groups in total. The van der Waals surface area contributed by atoms with Crippen LogP contribution in [0.3, 0.4) is 0 Å². The van der Waals surface area contributed by atoms with Crippen LogP contribution in [0, 0.1) is 5.92 Å². The highest BCUT2D eigenvalue weighted by Gasteiger charge is 2.26. The van der Waals surface area contributed by atoms with E-state index in [1.807, 2.05) is 6.07 Å². The second kappa shape index (κ2) is 5.69. The van der Waals surface area contributed by atoms with Crippen molar-refractivity contribution >= 4 is 5.78 Å². The highest BCUT2D eigenvalue weighted by atomic mass is 16.1. The van der Waals surface area contributed by atoms with Crippen LogP contribution in [0.4, 0.5) is 0 Å². The van der Waals surface area contributed by atoms with Crippen molar-refractivity contribution in [2.24, 2.45) is 5.92 Å². The normalized spacial score (nSPS) is 17.8. The van der Waals surface area contributed by atoms with Gasteiger partial charge in [-0.2, -0.15) is 0 Å². The molecule has 108 valence electrons. The molecule has 1 aromatic carbocycles. The molecular formula is C18H25NO. The molecule has 0 heterocycles. The first-order valence-electron chi connectivity index (χ1n) is 8.02. The lowest BCUT2D eigenvalue weighted by atomic mass is 10.0. The van der Waals surface area contributed by atoms with Crippen molar-refractivity contribution in [2.45, 2.75) is 52.0 Å². The van der Waals surface area contributed by atoms with Crippen LogP contribution in [0.15, 0.2) is 18.2 Å². The molecule has 3 rings (SSSR count). The van der Waals surface area contributed by atoms with E-state index in [9.17, 15) is 4.79 Å². The summed E-state index contributed by atoms with van der Waals surface area (Å²) in [5.41, 5.74) is 3.75. The van der Waals surface area contributed by atoms with Gasteiger partial charge in [-0.15, -0.1) is 0 Å². The average molecular weight is 271 g/mol. The lowest BCUT2D eigenvalue weighted by Gasteiger charge is -2.25. The van der Waals surface area contributed by atoms with Gasteiger partial charge < -0.3 is 0 Å². The molecule has 1 fully saturated rings. The first kappa shape index (κ1) is 13.8. The highest BCUT2D eigenvalue weighted by Crippen LogP contribution is 2.30. The van der Waals surface area contributed by atoms with E-state index in [4.69, 9.17) is 0 Å². The van der Waals surface area contributed by atoms with E-state index in [2.05, 4.69) is 30.9 Å². The molecule has 2 heteroatoms. The number of rotatable bonds is 6. The standard InChI is InChI=1S/C18H25NO/c1-13(2)19(11-14-6-7-14)12-18(20)17-9-8-15-4-3-5-16(15)10-17/h8-10,13-14H,3-7,11-12H2,1-2H3. The van der Waals surface area contributed by atoms with Crippen molar-refractivity contribution in [3.8, 4) is 0 Å². The van der Waals surface area contributed by atoms with Gasteiger partial charge in [-0.25, -0.2) is 0 Å². The molecule has 2 aliphatic rings. The lowest BCUT2D eigenvalue weighted by Crippen LogP contribution is -2.37. The minimum atomic E-state index is 0.286. The fraction of sp³-hybridized carbons (Fsp3) is 0.611. The van der Waals surface area contributed by atoms with Crippen LogP contribution >= 0.6 is 0 Å². The zero-order valence-corrected chi connectivity index (χ0v) is 12.7. The molecule has 2 nitrogen and oxygen atoms in total. The number of fused-ring (bicyclic) bond motifs is 1. The molecule has 1 aromatic rings. The maximum atomic E-state index is 12.5. The first-order valence-corrected chi connectivity index (χ1v) is 8.02. The topological polar surface area (TPSA) is 20.3 Å². The fourth-order valence-electron chi connectivity index (χ4n) is 3.11. The van der Waals surface area contributed by atoms with E-state index in [1.165, 1.54) is 36.8 Å². The Bertz CT molecular complexity index is 502. The molecule has 0 aromatic heterocycles. The number of ketones is 1. The highest BCUT2D eigenvalue weighted by molar-refractivity contribution is 5.97. The monoisotopic (exact) mass is 271 g/mol. The molecule has 1 saturated carbocycles. The quantitative estimate of drug-likeness (QED) is 0.738. The van der Waals surface area contributed by atoms with Gasteiger partial charge in [-0.3, -0.25) is 9.69 Å². The third kappa shape index (κ3) is 3.12. The molecule has 0 aliphatic heterocycles. The van der Waals surface area contributed by atoms with Gasteiger partial charge in [0.05, 0.1) is 6.54 Å². The fourth-order valence-corrected chi connectivity index (χ4v) is 3.11. The first-order chi connectivity index (χ1) is 9.63. The number of aryl methyl sites for hydroxylation is 2. The summed E-state index contributed by atoms with van der Waals surface area (Å²) in [5.74, 6) is 1.12. The van der Waals surface area contributed by atoms with Gasteiger partial charge in [0.15, 0.2) is 5.78 Å². The van der Waals surface area contributed by atoms with Gasteiger partial charge in [0.25, 0.3) is 0 Å². The van der Waals surface area contributed by atoms with Crippen molar-refractivity contribution in [2.75, 3.05) is 13.1 Å². The predicted molar refractivity (Wildman–Crippen MR) is 82.2 cm³/mol. The molecule has 20 heavy (non-hydrogen) atoms. The summed E-state index contributed by atoms with van der Waals surface area (Å²) in [6.07, 6.45) is 6.26. The third-order valence-corrected chi connectivity index (χ3v) is 4.69. The minimum absolute atomic E-state index is 0.286. The van der Waals surface area contributed by atoms with Gasteiger partial charge in [-0.05, 0) is 69.1 Å². The second-order valence-corrected chi connectivity index (χ2v) is 6.73. The van der Waals surface area contributed by atoms with Crippen molar-refractivity contribution < 1.29 is 4.79 Å². The molecule has 0 saturated heterocycles. The smallest absolute Gasteiger partial charge is 0.176 e. The van der Waals surface area contributed by atoms with Crippen molar-refractivity contribution in [1.29, 1.82) is 0 Å². The van der Waals surface area contributed by atoms with Gasteiger partial charge >= 0.3 is 0 Å². The van der Waals surface area contributed by atoms with Crippen LogP contribution in [0.25, 0.3) is 0 Å². The summed E-state index contributed by atoms with van der Waals surface area (Å²) in [7, 11) is 0. The number of hydrogen-bond donors (Lipinski definition) is 0. The van der Waals surface area contributed by atoms with E-state index in [0.29, 0.717) is 12.6 Å². The largest absolute Gasteiger partial charge is 0.293 e. The van der Waals surface area contributed by atoms with E-state index in [1.54, 1.807) is 0 Å². The second-order valence-electron chi connectivity index (χ2n) is 6.73. The number of carbonyl (C=O) groups is 1. The number of Topliss-reactive ketones (excluding diaryl/α,β-unsaturated/α-hetero) is 1. The SMILES string of the molecule is CC(C)N(CC(=O)c1ccc2c(c1)CCC2)CC1CC1. The van der Waals surface area contributed by atoms with Crippen molar-refractivity contribution in [1.82, 2.24) is 4.90 Å². The molecule has 2 aliphatic carbocycles. The molecule has 0 atom stereocenters. The van der Waals surface area contributed by atoms with Gasteiger partial charge in [0.2, 0.25) is 0 Å². The summed E-state index contributed by atoms with van der Waals surface area (Å²) >= 11 is 0. The number of nitrogens with zero attached hydrogens (tertiary/aromatic N) is 1. The zero-order chi connectivity index (χ0) is 14.1. The maximum absolute atomic E-state index is 12.5. The Morgan fingerprint density at radius 1 is 1.25 bits per heavy atom. The average Bonchev–Trinajstić information content (AvgIpc) is 3.12. The van der Waals surface area contributed by atoms with Crippen LogP contribution in [0.5, 0.6) is 0 Å². The van der Waals surface area contributed by atoms with Gasteiger partial charge in [0, 0.05) is 18.2 Å². The molecule has 0 spiro atoms. The Balaban J connectivity index is 1.67. The molecular weight excluding hydrogens is 246 g/mol. The van der Waals surface area contributed by atoms with E-state index < -0.39 is 0 Å². The Kier molecular flexibility index (Phi) is 3.93. The minimum Gasteiger partial charge on any atom is -0.293 e. The Morgan fingerprint density at radius 2 is 2.00 bits per heavy atom. The summed E-state index contributed by atoms with van der Waals surface area (Å²) in [6.45, 7) is 6.05. The Labute approximate surface area is 122 Å². The maximum Gasteiger partial charge on any atom is 0.176 e. The molecule has 0 bridgehead atoms. The summed E-state index contributed by atoms with van der Waals surface area (Å²) in [6, 6.07) is 6.78. The molecule has 0 unspecified atom stereocenters. The van der Waals surface area contributed by atoms with E-state index in [0.717, 1.165) is 24.4 Å². The molecule has 0 radical (unpaired) electrons. The third-order valence-electron chi connectivity index (χ3n) is 4.69. The lowest BCUT2D eigenvalue weighted by molar-refractivity contribution is 0.0900. The number of carbonyl (C=O) groups excluding carboxylic acids is 1. The van der Waals surface area contributed by atoms with E-state index in [-0.39, 0.29) is 5.78 Å². The van der Waals surface area contributed by atoms with Gasteiger partial charge in [-0.1, -0.05) is 12.1 Å². The van der Waals surface area contributed by atoms with Crippen molar-refractivity contribution in [3.05, 3.63) is 34.9 Å². The van der Waals surface area contributed by atoms with Crippen LogP contribution in [0.2, 0.25) is 0 Å². The van der Waals surface area contributed by atoms with Crippen LogP contribution in [0.1, 0.15) is 54.6 Å². The van der Waals surface area contributed by atoms with Gasteiger partial charge in [0.1, 0.15) is 0 Å². The molecule has 0 amide bonds. The zero-order valence-electron chi connectivity index (χ0n) is 12.7. The summed E-state index contributed by atoms with van der Waals surface area (Å²) < 4.78 is 0. The van der Waals surface area contributed by atoms with Crippen LogP contribution in [-0.4, -0.2) is 29.8 Å². The predicted octanol–water partition coefficient (Wildman–Crippen LogP) is 3.48. The van der Waals surface area contributed by atoms with Crippen LogP contribution < -0.4 is 0 Å². The summed E-state index contributed by atoms with van der Waals surface area (Å²) in [4.78, 5) is 14.9. The summed E-state index contributed by atoms with van der Waals surface area (Å²) in [5, 5.41) is 0.